The van der Waals surface area contributed by atoms with Crippen molar-refractivity contribution in [3.05, 3.63) is 11.1 Å². The van der Waals surface area contributed by atoms with Gasteiger partial charge in [-0.25, -0.2) is 0 Å². The summed E-state index contributed by atoms with van der Waals surface area (Å²) in [5.74, 6) is -1.88. The van der Waals surface area contributed by atoms with E-state index in [2.05, 4.69) is 46.3 Å². The smallest absolute Gasteiger partial charge is 0.317 e. The molecule has 1 saturated heterocycles. The molecule has 4 aliphatic carbocycles. The van der Waals surface area contributed by atoms with Crippen LogP contribution in [0.2, 0.25) is 0 Å². The minimum absolute atomic E-state index is 0.0285. The first-order valence-corrected chi connectivity index (χ1v) is 16.4. The van der Waals surface area contributed by atoms with Crippen LogP contribution in [0.4, 0.5) is 0 Å². The number of allylic oxidation sites excluding steroid dienone is 2. The number of hydrogen-bond acceptors (Lipinski definition) is 8. The zero-order valence-corrected chi connectivity index (χ0v) is 27.5. The third-order valence-corrected chi connectivity index (χ3v) is 13.7. The molecule has 9 atom stereocenters. The Kier molecular flexibility index (Phi) is 8.01. The Morgan fingerprint density at radius 2 is 1.67 bits per heavy atom. The summed E-state index contributed by atoms with van der Waals surface area (Å²) in [6, 6.07) is 0. The Bertz CT molecular complexity index is 1230. The van der Waals surface area contributed by atoms with Crippen LogP contribution in [0.5, 0.6) is 0 Å². The van der Waals surface area contributed by atoms with E-state index >= 15 is 0 Å². The number of Topliss-reactive ketones (excluding diaryl/α,β-unsaturated/α-hetero) is 1. The van der Waals surface area contributed by atoms with Gasteiger partial charge in [0.1, 0.15) is 19.1 Å². The zero-order chi connectivity index (χ0) is 31.8. The summed E-state index contributed by atoms with van der Waals surface area (Å²) >= 11 is 0. The Hall–Kier alpha value is -2.22. The van der Waals surface area contributed by atoms with Crippen LogP contribution in [0.15, 0.2) is 11.1 Å². The number of carbonyl (C=O) groups excluding carboxylic acids is 4. The van der Waals surface area contributed by atoms with E-state index in [-0.39, 0.29) is 58.9 Å². The largest absolute Gasteiger partial charge is 0.469 e. The second kappa shape index (κ2) is 10.7. The van der Waals surface area contributed by atoms with E-state index in [1.165, 1.54) is 7.11 Å². The normalized spacial score (nSPS) is 42.3. The van der Waals surface area contributed by atoms with Crippen molar-refractivity contribution in [3.8, 4) is 0 Å². The highest BCUT2D eigenvalue weighted by Gasteiger charge is 2.64. The van der Waals surface area contributed by atoms with Gasteiger partial charge in [-0.3, -0.25) is 19.2 Å². The average Bonchev–Trinajstić information content (AvgIpc) is 3.38. The molecule has 1 aliphatic heterocycles. The van der Waals surface area contributed by atoms with E-state index in [1.54, 1.807) is 18.1 Å². The van der Waals surface area contributed by atoms with E-state index in [9.17, 15) is 24.3 Å². The van der Waals surface area contributed by atoms with E-state index in [1.807, 2.05) is 0 Å². The summed E-state index contributed by atoms with van der Waals surface area (Å²) in [6.45, 7) is 15.3. The van der Waals surface area contributed by atoms with Crippen LogP contribution < -0.4 is 0 Å². The summed E-state index contributed by atoms with van der Waals surface area (Å²) in [5.41, 5.74) is 1.41. The molecule has 2 saturated carbocycles. The van der Waals surface area contributed by atoms with Gasteiger partial charge >= 0.3 is 17.9 Å². The lowest BCUT2D eigenvalue weighted by Gasteiger charge is -2.62. The van der Waals surface area contributed by atoms with Crippen LogP contribution >= 0.6 is 0 Å². The first-order valence-electron chi connectivity index (χ1n) is 16.4. The number of esters is 3. The molecule has 240 valence electrons. The molecule has 8 heteroatoms. The lowest BCUT2D eigenvalue weighted by Crippen LogP contribution is -2.56. The third kappa shape index (κ3) is 4.71. The van der Waals surface area contributed by atoms with E-state index in [0.29, 0.717) is 11.8 Å². The molecule has 0 aromatic rings. The molecule has 0 aromatic carbocycles. The maximum Gasteiger partial charge on any atom is 0.317 e. The molecule has 43 heavy (non-hydrogen) atoms. The molecule has 8 nitrogen and oxygen atoms in total. The second-order valence-corrected chi connectivity index (χ2v) is 15.8. The maximum atomic E-state index is 13.3. The number of hydrogen-bond donors (Lipinski definition) is 1. The number of cyclic esters (lactones) is 1. The summed E-state index contributed by atoms with van der Waals surface area (Å²) in [6.07, 6.45) is 7.70. The van der Waals surface area contributed by atoms with Crippen molar-refractivity contribution in [3.63, 3.8) is 0 Å². The molecule has 0 radical (unpaired) electrons. The number of ether oxygens (including phenoxy) is 3. The summed E-state index contributed by atoms with van der Waals surface area (Å²) in [5, 5.41) is 11.0. The van der Waals surface area contributed by atoms with Crippen LogP contribution in [0.25, 0.3) is 0 Å². The van der Waals surface area contributed by atoms with Crippen LogP contribution in [0.3, 0.4) is 0 Å². The fraction of sp³-hybridized carbons (Fsp3) is 0.829. The number of carbonyl (C=O) groups is 4. The van der Waals surface area contributed by atoms with Gasteiger partial charge in [0.05, 0.1) is 13.0 Å². The monoisotopic (exact) mass is 600 g/mol. The Balaban J connectivity index is 1.36. The maximum absolute atomic E-state index is 13.3. The topological polar surface area (TPSA) is 116 Å². The van der Waals surface area contributed by atoms with Gasteiger partial charge in [-0.05, 0) is 92.3 Å². The Labute approximate surface area is 256 Å². The van der Waals surface area contributed by atoms with Gasteiger partial charge in [0.25, 0.3) is 0 Å². The molecule has 0 bridgehead atoms. The molecule has 0 spiro atoms. The Morgan fingerprint density at radius 3 is 2.30 bits per heavy atom. The predicted molar refractivity (Wildman–Crippen MR) is 159 cm³/mol. The Morgan fingerprint density at radius 1 is 0.977 bits per heavy atom. The molecular weight excluding hydrogens is 548 g/mol. The molecule has 5 rings (SSSR count). The van der Waals surface area contributed by atoms with Gasteiger partial charge in [-0.15, -0.1) is 0 Å². The molecule has 9 unspecified atom stereocenters. The minimum Gasteiger partial charge on any atom is -0.469 e. The van der Waals surface area contributed by atoms with Gasteiger partial charge in [-0.1, -0.05) is 52.7 Å². The SMILES string of the molecule is COC(=O)CC(=O)OC1CCC2(C)C3=C(CCC2C1(C)C)C1(C)CCC(C(C)CC(=O)C2(O)COC(=O)C2C)C1(C)CC3. The van der Waals surface area contributed by atoms with Gasteiger partial charge in [-0.2, -0.15) is 0 Å². The minimum atomic E-state index is -1.72. The lowest BCUT2D eigenvalue weighted by molar-refractivity contribution is -0.172. The van der Waals surface area contributed by atoms with Crippen molar-refractivity contribution in [1.29, 1.82) is 0 Å². The molecule has 1 heterocycles. The standard InChI is InChI=1S/C35H52O8/c1-20(17-26(36)35(40)19-42-30(39)21(35)2)22-11-15-34(7)24-9-10-25-31(3,4)27(43-29(38)18-28(37)41-8)13-14-32(25,5)23(24)12-16-33(22,34)6/h20-22,25,27,40H,9-19H2,1-8H3. The summed E-state index contributed by atoms with van der Waals surface area (Å²) in [7, 11) is 1.28. The number of methoxy groups -OCH3 is 1. The predicted octanol–water partition coefficient (Wildman–Crippen LogP) is 5.73. The zero-order valence-electron chi connectivity index (χ0n) is 27.5. The highest BCUT2D eigenvalue weighted by Crippen LogP contribution is 2.72. The van der Waals surface area contributed by atoms with Crippen molar-refractivity contribution in [2.24, 2.45) is 45.3 Å². The molecule has 3 fully saturated rings. The summed E-state index contributed by atoms with van der Waals surface area (Å²) in [4.78, 5) is 49.5. The first kappa shape index (κ1) is 32.2. The van der Waals surface area contributed by atoms with Crippen molar-refractivity contribution in [1.82, 2.24) is 0 Å². The highest BCUT2D eigenvalue weighted by atomic mass is 16.6. The quantitative estimate of drug-likeness (QED) is 0.171. The van der Waals surface area contributed by atoms with Crippen LogP contribution in [0, 0.1) is 45.3 Å². The van der Waals surface area contributed by atoms with Gasteiger partial charge < -0.3 is 19.3 Å². The molecule has 5 aliphatic rings. The van der Waals surface area contributed by atoms with E-state index in [4.69, 9.17) is 9.47 Å². The van der Waals surface area contributed by atoms with Crippen LogP contribution in [0.1, 0.15) is 113 Å². The lowest BCUT2D eigenvalue weighted by atomic mass is 9.43. The second-order valence-electron chi connectivity index (χ2n) is 15.8. The van der Waals surface area contributed by atoms with Crippen LogP contribution in [-0.2, 0) is 33.4 Å². The molecule has 0 amide bonds. The van der Waals surface area contributed by atoms with E-state index in [0.717, 1.165) is 51.4 Å². The van der Waals surface area contributed by atoms with E-state index < -0.39 is 29.4 Å². The third-order valence-electron chi connectivity index (χ3n) is 13.7. The fourth-order valence-electron chi connectivity index (χ4n) is 10.8. The summed E-state index contributed by atoms with van der Waals surface area (Å²) < 4.78 is 15.6. The van der Waals surface area contributed by atoms with Crippen molar-refractivity contribution in [2.75, 3.05) is 13.7 Å². The van der Waals surface area contributed by atoms with Crippen molar-refractivity contribution in [2.45, 2.75) is 124 Å². The highest BCUT2D eigenvalue weighted by molar-refractivity contribution is 5.95. The number of ketones is 1. The molecule has 0 aromatic heterocycles. The number of rotatable bonds is 7. The average molecular weight is 601 g/mol. The number of fused-ring (bicyclic) bond motifs is 4. The van der Waals surface area contributed by atoms with Gasteiger partial charge in [0, 0.05) is 11.8 Å². The fourth-order valence-corrected chi connectivity index (χ4v) is 10.8. The first-order chi connectivity index (χ1) is 20.0. The van der Waals surface area contributed by atoms with Gasteiger partial charge in [0.15, 0.2) is 11.4 Å². The van der Waals surface area contributed by atoms with Gasteiger partial charge in [0.2, 0.25) is 0 Å². The number of aliphatic hydroxyl groups is 1. The van der Waals surface area contributed by atoms with Crippen molar-refractivity contribution < 1.29 is 38.5 Å². The van der Waals surface area contributed by atoms with Crippen molar-refractivity contribution >= 4 is 23.7 Å². The van der Waals surface area contributed by atoms with Crippen LogP contribution in [-0.4, -0.2) is 54.2 Å². The molecule has 1 N–H and O–H groups in total. The molecular formula is C35H52O8.